The SMILES string of the molecule is CC(=O)c1ccc2c(c1)CN(C(=O)CCN1CCC(Cc3ccc(O)cc3O)CC1)CCS2=O. The highest BCUT2D eigenvalue weighted by molar-refractivity contribution is 7.85. The summed E-state index contributed by atoms with van der Waals surface area (Å²) >= 11 is 0. The molecule has 4 rings (SSSR count). The van der Waals surface area contributed by atoms with Crippen LogP contribution < -0.4 is 0 Å². The van der Waals surface area contributed by atoms with Gasteiger partial charge >= 0.3 is 0 Å². The predicted molar refractivity (Wildman–Crippen MR) is 130 cm³/mol. The topological polar surface area (TPSA) is 98.2 Å². The van der Waals surface area contributed by atoms with E-state index in [2.05, 4.69) is 4.90 Å². The fraction of sp³-hybridized carbons (Fsp3) is 0.462. The number of carbonyl (C=O) groups excluding carboxylic acids is 2. The van der Waals surface area contributed by atoms with E-state index in [0.29, 0.717) is 43.3 Å². The molecule has 1 fully saturated rings. The molecule has 0 radical (unpaired) electrons. The molecule has 2 aliphatic rings. The lowest BCUT2D eigenvalue weighted by atomic mass is 9.89. The van der Waals surface area contributed by atoms with Crippen molar-refractivity contribution in [2.75, 3.05) is 31.9 Å². The molecule has 2 aliphatic heterocycles. The van der Waals surface area contributed by atoms with Gasteiger partial charge in [-0.05, 0) is 74.5 Å². The van der Waals surface area contributed by atoms with Gasteiger partial charge in [0.05, 0.1) is 10.8 Å². The Labute approximate surface area is 202 Å². The second-order valence-electron chi connectivity index (χ2n) is 9.30. The van der Waals surface area contributed by atoms with Crippen LogP contribution >= 0.6 is 0 Å². The summed E-state index contributed by atoms with van der Waals surface area (Å²) in [6.45, 7) is 4.86. The standard InChI is InChI=1S/C26H32N2O5S/c1-18(29)20-3-5-25-22(15-20)17-28(12-13-34(25)33)26(32)8-11-27-9-6-19(7-10-27)14-21-2-4-23(30)16-24(21)31/h2-5,15-16,19,30-31H,6-14,17H2,1H3. The predicted octanol–water partition coefficient (Wildman–Crippen LogP) is 3.10. The second-order valence-corrected chi connectivity index (χ2v) is 10.8. The molecule has 2 heterocycles. The number of benzene rings is 2. The van der Waals surface area contributed by atoms with E-state index < -0.39 is 10.8 Å². The maximum Gasteiger partial charge on any atom is 0.224 e. The third kappa shape index (κ3) is 5.85. The smallest absolute Gasteiger partial charge is 0.224 e. The zero-order chi connectivity index (χ0) is 24.2. The van der Waals surface area contributed by atoms with Crippen LogP contribution in [-0.2, 0) is 28.6 Å². The summed E-state index contributed by atoms with van der Waals surface area (Å²) in [4.78, 5) is 29.6. The lowest BCUT2D eigenvalue weighted by Gasteiger charge is -2.32. The Hall–Kier alpha value is -2.71. The van der Waals surface area contributed by atoms with Crippen LogP contribution in [0.15, 0.2) is 41.3 Å². The molecule has 1 saturated heterocycles. The van der Waals surface area contributed by atoms with Gasteiger partial charge in [-0.2, -0.15) is 0 Å². The van der Waals surface area contributed by atoms with E-state index in [1.54, 1.807) is 35.2 Å². The largest absolute Gasteiger partial charge is 0.508 e. The fourth-order valence-electron chi connectivity index (χ4n) is 4.81. The molecule has 2 N–H and O–H groups in total. The molecule has 0 saturated carbocycles. The third-order valence-corrected chi connectivity index (χ3v) is 8.34. The number of aromatic hydroxyl groups is 2. The average molecular weight is 485 g/mol. The van der Waals surface area contributed by atoms with E-state index in [4.69, 9.17) is 0 Å². The van der Waals surface area contributed by atoms with Gasteiger partial charge in [-0.1, -0.05) is 12.1 Å². The second kappa shape index (κ2) is 10.7. The summed E-state index contributed by atoms with van der Waals surface area (Å²) in [6, 6.07) is 10.0. The van der Waals surface area contributed by atoms with Gasteiger partial charge in [-0.3, -0.25) is 13.8 Å². The number of Topliss-reactive ketones (excluding diaryl/α,β-unsaturated/α-hetero) is 1. The molecule has 1 atom stereocenters. The normalized spacial score (nSPS) is 19.4. The molecular weight excluding hydrogens is 452 g/mol. The van der Waals surface area contributed by atoms with E-state index in [9.17, 15) is 24.0 Å². The lowest BCUT2D eigenvalue weighted by Crippen LogP contribution is -2.38. The van der Waals surface area contributed by atoms with Crippen molar-refractivity contribution in [3.05, 3.63) is 53.1 Å². The minimum atomic E-state index is -1.17. The first-order valence-electron chi connectivity index (χ1n) is 11.8. The first kappa shape index (κ1) is 24.4. The monoisotopic (exact) mass is 484 g/mol. The Morgan fingerprint density at radius 2 is 1.82 bits per heavy atom. The zero-order valence-corrected chi connectivity index (χ0v) is 20.4. The van der Waals surface area contributed by atoms with Crippen LogP contribution in [0.25, 0.3) is 0 Å². The molecule has 7 nitrogen and oxygen atoms in total. The van der Waals surface area contributed by atoms with Gasteiger partial charge in [0.1, 0.15) is 11.5 Å². The summed E-state index contributed by atoms with van der Waals surface area (Å²) in [5, 5.41) is 19.5. The molecule has 0 spiro atoms. The number of hydrogen-bond acceptors (Lipinski definition) is 6. The number of ketones is 1. The Morgan fingerprint density at radius 3 is 2.53 bits per heavy atom. The maximum absolute atomic E-state index is 13.0. The van der Waals surface area contributed by atoms with Crippen molar-refractivity contribution in [1.29, 1.82) is 0 Å². The average Bonchev–Trinajstić information content (AvgIpc) is 2.98. The van der Waals surface area contributed by atoms with Gasteiger partial charge in [0.25, 0.3) is 0 Å². The first-order chi connectivity index (χ1) is 16.3. The molecule has 8 heteroatoms. The van der Waals surface area contributed by atoms with Crippen molar-refractivity contribution in [1.82, 2.24) is 9.80 Å². The molecule has 34 heavy (non-hydrogen) atoms. The number of phenolic OH excluding ortho intramolecular Hbond substituents is 2. The molecule has 0 bridgehead atoms. The highest BCUT2D eigenvalue weighted by Gasteiger charge is 2.25. The van der Waals surface area contributed by atoms with E-state index in [1.807, 2.05) is 0 Å². The number of fused-ring (bicyclic) bond motifs is 1. The van der Waals surface area contributed by atoms with Gasteiger partial charge in [0, 0.05) is 48.3 Å². The van der Waals surface area contributed by atoms with Crippen LogP contribution in [0.3, 0.4) is 0 Å². The molecule has 1 unspecified atom stereocenters. The van der Waals surface area contributed by atoms with Crippen molar-refractivity contribution in [3.63, 3.8) is 0 Å². The van der Waals surface area contributed by atoms with Gasteiger partial charge in [0.2, 0.25) is 5.91 Å². The van der Waals surface area contributed by atoms with Crippen LogP contribution in [-0.4, -0.2) is 67.8 Å². The summed E-state index contributed by atoms with van der Waals surface area (Å²) in [5.41, 5.74) is 2.24. The number of likely N-dealkylation sites (tertiary alicyclic amines) is 1. The molecule has 1 amide bonds. The Kier molecular flexibility index (Phi) is 7.68. The molecule has 2 aromatic carbocycles. The number of piperidine rings is 1. The quantitative estimate of drug-likeness (QED) is 0.612. The summed E-state index contributed by atoms with van der Waals surface area (Å²) < 4.78 is 12.6. The van der Waals surface area contributed by atoms with Crippen molar-refractivity contribution in [3.8, 4) is 11.5 Å². The fourth-order valence-corrected chi connectivity index (χ4v) is 6.05. The van der Waals surface area contributed by atoms with Crippen LogP contribution in [0.4, 0.5) is 0 Å². The number of phenols is 2. The third-order valence-electron chi connectivity index (χ3n) is 6.90. The van der Waals surface area contributed by atoms with Crippen molar-refractivity contribution >= 4 is 22.5 Å². The highest BCUT2D eigenvalue weighted by atomic mass is 32.2. The van der Waals surface area contributed by atoms with E-state index in [1.165, 1.54) is 13.0 Å². The highest BCUT2D eigenvalue weighted by Crippen LogP contribution is 2.29. The van der Waals surface area contributed by atoms with Crippen LogP contribution in [0.5, 0.6) is 11.5 Å². The van der Waals surface area contributed by atoms with Gasteiger partial charge in [0.15, 0.2) is 5.78 Å². The zero-order valence-electron chi connectivity index (χ0n) is 19.5. The minimum absolute atomic E-state index is 0.0419. The Balaban J connectivity index is 1.28. The summed E-state index contributed by atoms with van der Waals surface area (Å²) in [5.74, 6) is 1.10. The lowest BCUT2D eigenvalue weighted by molar-refractivity contribution is -0.132. The number of rotatable bonds is 6. The number of carbonyl (C=O) groups is 2. The van der Waals surface area contributed by atoms with Crippen molar-refractivity contribution in [2.24, 2.45) is 5.92 Å². The molecule has 182 valence electrons. The summed E-state index contributed by atoms with van der Waals surface area (Å²) in [6.07, 6.45) is 3.19. The van der Waals surface area contributed by atoms with Gasteiger partial charge < -0.3 is 20.0 Å². The number of nitrogens with zero attached hydrogens (tertiary/aromatic N) is 2. The van der Waals surface area contributed by atoms with Crippen LogP contribution in [0.2, 0.25) is 0 Å². The molecule has 0 aromatic heterocycles. The van der Waals surface area contributed by atoms with Crippen LogP contribution in [0.1, 0.15) is 47.7 Å². The molecular formula is C26H32N2O5S. The number of hydrogen-bond donors (Lipinski definition) is 2. The maximum atomic E-state index is 13.0. The molecule has 2 aromatic rings. The Morgan fingerprint density at radius 1 is 1.06 bits per heavy atom. The van der Waals surface area contributed by atoms with Crippen molar-refractivity contribution < 1.29 is 24.0 Å². The van der Waals surface area contributed by atoms with E-state index in [-0.39, 0.29) is 23.2 Å². The van der Waals surface area contributed by atoms with Gasteiger partial charge in [-0.25, -0.2) is 0 Å². The van der Waals surface area contributed by atoms with Gasteiger partial charge in [-0.15, -0.1) is 0 Å². The van der Waals surface area contributed by atoms with Crippen molar-refractivity contribution in [2.45, 2.75) is 44.0 Å². The summed E-state index contributed by atoms with van der Waals surface area (Å²) in [7, 11) is -1.17. The first-order valence-corrected chi connectivity index (χ1v) is 13.2. The minimum Gasteiger partial charge on any atom is -0.508 e. The molecule has 0 aliphatic carbocycles. The van der Waals surface area contributed by atoms with Crippen LogP contribution in [0, 0.1) is 5.92 Å². The van der Waals surface area contributed by atoms with E-state index in [0.717, 1.165) is 48.4 Å². The van der Waals surface area contributed by atoms with E-state index >= 15 is 0 Å². The number of amides is 1. The Bertz CT molecular complexity index is 1090.